The van der Waals surface area contributed by atoms with Gasteiger partial charge >= 0.3 is 0 Å². The number of sulfonamides is 1. The van der Waals surface area contributed by atoms with Gasteiger partial charge in [0, 0.05) is 24.0 Å². The maximum absolute atomic E-state index is 12.8. The fraction of sp³-hybridized carbons (Fsp3) is 0.412. The molecule has 2 atom stereocenters. The second kappa shape index (κ2) is 7.40. The lowest BCUT2D eigenvalue weighted by atomic mass is 9.97. The third-order valence-corrected chi connectivity index (χ3v) is 9.40. The highest BCUT2D eigenvalue weighted by Crippen LogP contribution is 2.35. The summed E-state index contributed by atoms with van der Waals surface area (Å²) in [5.41, 5.74) is 6.59. The molecule has 1 saturated heterocycles. The Balaban J connectivity index is 1.86. The van der Waals surface area contributed by atoms with Crippen molar-refractivity contribution in [3.8, 4) is 0 Å². The Hall–Kier alpha value is -1.26. The number of nitrogens with two attached hydrogens (primary N) is 1. The van der Waals surface area contributed by atoms with E-state index in [0.717, 1.165) is 28.0 Å². The molecule has 9 heteroatoms. The number of nitrogens with zero attached hydrogens (tertiary/aromatic N) is 1. The largest absolute Gasteiger partial charge is 0.326 e. The standard InChI is InChI=1S/C17H22N2O4S3/c1-25(20,21)19-11-14(13-5-3-2-4-6-13)9-15(19)12-26(22,23)17-8-7-16(10-18)24-17/h2-8,14-15H,9-12,18H2,1H3. The zero-order valence-corrected chi connectivity index (χ0v) is 16.9. The van der Waals surface area contributed by atoms with Gasteiger partial charge in [0.1, 0.15) is 4.21 Å². The summed E-state index contributed by atoms with van der Waals surface area (Å²) < 4.78 is 51.6. The van der Waals surface area contributed by atoms with Gasteiger partial charge in [-0.25, -0.2) is 16.8 Å². The predicted molar refractivity (Wildman–Crippen MR) is 103 cm³/mol. The van der Waals surface area contributed by atoms with Gasteiger partial charge in [-0.3, -0.25) is 0 Å². The summed E-state index contributed by atoms with van der Waals surface area (Å²) in [4.78, 5) is 0.789. The lowest BCUT2D eigenvalue weighted by Gasteiger charge is -2.21. The van der Waals surface area contributed by atoms with Crippen molar-refractivity contribution >= 4 is 31.2 Å². The van der Waals surface area contributed by atoms with E-state index in [1.165, 1.54) is 4.31 Å². The number of thiophene rings is 1. The fourth-order valence-corrected chi connectivity index (χ4v) is 7.54. The molecule has 0 spiro atoms. The maximum Gasteiger partial charge on any atom is 0.211 e. The Labute approximate surface area is 158 Å². The molecule has 2 heterocycles. The fourth-order valence-electron chi connectivity index (χ4n) is 3.38. The number of hydrogen-bond donors (Lipinski definition) is 1. The van der Waals surface area contributed by atoms with Crippen molar-refractivity contribution in [3.05, 3.63) is 52.9 Å². The number of sulfone groups is 1. The van der Waals surface area contributed by atoms with Crippen LogP contribution in [0, 0.1) is 0 Å². The highest BCUT2D eigenvalue weighted by Gasteiger charge is 2.40. The third kappa shape index (κ3) is 4.17. The van der Waals surface area contributed by atoms with Gasteiger partial charge in [-0.15, -0.1) is 11.3 Å². The van der Waals surface area contributed by atoms with Crippen LogP contribution in [0.5, 0.6) is 0 Å². The highest BCUT2D eigenvalue weighted by molar-refractivity contribution is 7.93. The Morgan fingerprint density at radius 1 is 1.12 bits per heavy atom. The second-order valence-corrected chi connectivity index (χ2v) is 11.9. The summed E-state index contributed by atoms with van der Waals surface area (Å²) in [5, 5.41) is 0. The first-order chi connectivity index (χ1) is 12.2. The number of rotatable bonds is 6. The zero-order chi connectivity index (χ0) is 18.9. The van der Waals surface area contributed by atoms with Crippen molar-refractivity contribution in [3.63, 3.8) is 0 Å². The summed E-state index contributed by atoms with van der Waals surface area (Å²) in [7, 11) is -7.07. The smallest absolute Gasteiger partial charge is 0.211 e. The van der Waals surface area contributed by atoms with E-state index in [1.807, 2.05) is 30.3 Å². The van der Waals surface area contributed by atoms with Gasteiger partial charge in [0.2, 0.25) is 10.0 Å². The molecule has 0 bridgehead atoms. The minimum atomic E-state index is -3.57. The summed E-state index contributed by atoms with van der Waals surface area (Å²) in [5.74, 6) is -0.220. The van der Waals surface area contributed by atoms with Gasteiger partial charge in [0.25, 0.3) is 0 Å². The molecule has 6 nitrogen and oxygen atoms in total. The van der Waals surface area contributed by atoms with Crippen molar-refractivity contribution in [2.75, 3.05) is 18.6 Å². The van der Waals surface area contributed by atoms with Crippen molar-refractivity contribution < 1.29 is 16.8 Å². The van der Waals surface area contributed by atoms with Gasteiger partial charge in [0.05, 0.1) is 12.0 Å². The minimum absolute atomic E-state index is 0.00550. The molecule has 0 radical (unpaired) electrons. The predicted octanol–water partition coefficient (Wildman–Crippen LogP) is 1.80. The monoisotopic (exact) mass is 414 g/mol. The molecule has 142 valence electrons. The van der Waals surface area contributed by atoms with Gasteiger partial charge in [-0.05, 0) is 30.0 Å². The zero-order valence-electron chi connectivity index (χ0n) is 14.4. The molecule has 1 aromatic heterocycles. The summed E-state index contributed by atoms with van der Waals surface area (Å²) in [6, 6.07) is 12.3. The normalized spacial score (nSPS) is 21.9. The van der Waals surface area contributed by atoms with Crippen LogP contribution in [0.15, 0.2) is 46.7 Å². The molecule has 0 saturated carbocycles. The van der Waals surface area contributed by atoms with E-state index < -0.39 is 25.9 Å². The first kappa shape index (κ1) is 19.5. The van der Waals surface area contributed by atoms with E-state index in [9.17, 15) is 16.8 Å². The van der Waals surface area contributed by atoms with E-state index in [4.69, 9.17) is 5.73 Å². The number of benzene rings is 1. The van der Waals surface area contributed by atoms with Gasteiger partial charge in [0.15, 0.2) is 9.84 Å². The van der Waals surface area contributed by atoms with Crippen molar-refractivity contribution in [1.29, 1.82) is 0 Å². The van der Waals surface area contributed by atoms with E-state index in [2.05, 4.69) is 0 Å². The van der Waals surface area contributed by atoms with Crippen LogP contribution in [0.2, 0.25) is 0 Å². The van der Waals surface area contributed by atoms with Crippen molar-refractivity contribution in [2.24, 2.45) is 5.73 Å². The van der Waals surface area contributed by atoms with Gasteiger partial charge < -0.3 is 5.73 Å². The van der Waals surface area contributed by atoms with Crippen LogP contribution in [0.1, 0.15) is 22.8 Å². The van der Waals surface area contributed by atoms with Crippen molar-refractivity contribution in [1.82, 2.24) is 4.31 Å². The summed E-state index contributed by atoms with van der Waals surface area (Å²) in [6.07, 6.45) is 1.63. The quantitative estimate of drug-likeness (QED) is 0.777. The molecule has 3 rings (SSSR count). The molecule has 2 aromatic rings. The number of hydrogen-bond acceptors (Lipinski definition) is 6. The minimum Gasteiger partial charge on any atom is -0.326 e. The lowest BCUT2D eigenvalue weighted by Crippen LogP contribution is -2.38. The molecular formula is C17H22N2O4S3. The highest BCUT2D eigenvalue weighted by atomic mass is 32.2. The van der Waals surface area contributed by atoms with Crippen LogP contribution in [0.3, 0.4) is 0 Å². The second-order valence-electron chi connectivity index (χ2n) is 6.54. The van der Waals surface area contributed by atoms with E-state index >= 15 is 0 Å². The molecule has 1 aliphatic rings. The van der Waals surface area contributed by atoms with Crippen LogP contribution in [0.4, 0.5) is 0 Å². The first-order valence-corrected chi connectivity index (χ1v) is 12.6. The molecule has 26 heavy (non-hydrogen) atoms. The molecular weight excluding hydrogens is 392 g/mol. The van der Waals surface area contributed by atoms with E-state index in [0.29, 0.717) is 13.0 Å². The Bertz CT molecular complexity index is 968. The Morgan fingerprint density at radius 2 is 1.81 bits per heavy atom. The Kier molecular flexibility index (Phi) is 5.55. The topological polar surface area (TPSA) is 97.5 Å². The maximum atomic E-state index is 12.8. The van der Waals surface area contributed by atoms with Crippen LogP contribution < -0.4 is 5.73 Å². The summed E-state index contributed by atoms with van der Waals surface area (Å²) in [6.45, 7) is 0.594. The first-order valence-electron chi connectivity index (χ1n) is 8.24. The molecule has 2 N–H and O–H groups in total. The lowest BCUT2D eigenvalue weighted by molar-refractivity contribution is 0.411. The molecule has 2 unspecified atom stereocenters. The van der Waals surface area contributed by atoms with Gasteiger partial charge in [-0.1, -0.05) is 30.3 Å². The summed E-state index contributed by atoms with van der Waals surface area (Å²) >= 11 is 1.15. The van der Waals surface area contributed by atoms with Crippen LogP contribution >= 0.6 is 11.3 Å². The van der Waals surface area contributed by atoms with E-state index in [1.54, 1.807) is 12.1 Å². The third-order valence-electron chi connectivity index (χ3n) is 4.62. The SMILES string of the molecule is CS(=O)(=O)N1CC(c2ccccc2)CC1CS(=O)(=O)c1ccc(CN)s1. The van der Waals surface area contributed by atoms with Crippen LogP contribution in [-0.2, 0) is 26.4 Å². The van der Waals surface area contributed by atoms with Crippen LogP contribution in [-0.4, -0.2) is 45.7 Å². The Morgan fingerprint density at radius 3 is 2.38 bits per heavy atom. The average molecular weight is 415 g/mol. The molecule has 1 aromatic carbocycles. The van der Waals surface area contributed by atoms with E-state index in [-0.39, 0.29) is 22.4 Å². The molecule has 0 amide bonds. The van der Waals surface area contributed by atoms with Crippen molar-refractivity contribution in [2.45, 2.75) is 29.1 Å². The molecule has 0 aliphatic carbocycles. The molecule has 1 aliphatic heterocycles. The van der Waals surface area contributed by atoms with Crippen LogP contribution in [0.25, 0.3) is 0 Å². The van der Waals surface area contributed by atoms with Gasteiger partial charge in [-0.2, -0.15) is 4.31 Å². The average Bonchev–Trinajstić information content (AvgIpc) is 3.22. The molecule has 1 fully saturated rings.